The molecule has 1 aromatic carbocycles. The minimum atomic E-state index is 0.0545. The van der Waals surface area contributed by atoms with Crippen LogP contribution in [-0.4, -0.2) is 10.8 Å². The van der Waals surface area contributed by atoms with Crippen molar-refractivity contribution in [1.29, 1.82) is 0 Å². The van der Waals surface area contributed by atoms with E-state index in [1.54, 1.807) is 11.3 Å². The average Bonchev–Trinajstić information content (AvgIpc) is 3.14. The first-order chi connectivity index (χ1) is 10.0. The average molecular weight is 297 g/mol. The van der Waals surface area contributed by atoms with Crippen molar-refractivity contribution >= 4 is 17.1 Å². The molecule has 0 atom stereocenters. The van der Waals surface area contributed by atoms with Crippen LogP contribution < -0.4 is 0 Å². The lowest BCUT2D eigenvalue weighted by atomic mass is 9.78. The highest BCUT2D eigenvalue weighted by Gasteiger charge is 2.49. The summed E-state index contributed by atoms with van der Waals surface area (Å²) in [5, 5.41) is 1.16. The summed E-state index contributed by atoms with van der Waals surface area (Å²) in [5.41, 5.74) is 2.54. The molecule has 2 aromatic rings. The minimum absolute atomic E-state index is 0.0545. The summed E-state index contributed by atoms with van der Waals surface area (Å²) in [4.78, 5) is 18.2. The number of benzene rings is 1. The summed E-state index contributed by atoms with van der Waals surface area (Å²) in [6, 6.07) is 10.6. The molecule has 0 radical (unpaired) electrons. The van der Waals surface area contributed by atoms with Crippen molar-refractivity contribution in [3.63, 3.8) is 0 Å². The number of Topliss-reactive ketones (excluding diaryl/α,β-unsaturated/α-hetero) is 1. The molecule has 1 aromatic heterocycles. The second-order valence-corrected chi connectivity index (χ2v) is 8.18. The number of aromatic nitrogens is 1. The second kappa shape index (κ2) is 4.26. The highest BCUT2D eigenvalue weighted by Crippen LogP contribution is 2.55. The van der Waals surface area contributed by atoms with Gasteiger partial charge in [-0.25, -0.2) is 4.98 Å². The van der Waals surface area contributed by atoms with Crippen molar-refractivity contribution in [2.24, 2.45) is 5.41 Å². The molecule has 0 spiro atoms. The molecule has 1 heterocycles. The van der Waals surface area contributed by atoms with E-state index in [1.807, 2.05) is 0 Å². The molecular formula is C18H19NOS. The zero-order chi connectivity index (χ0) is 14.7. The lowest BCUT2D eigenvalue weighted by Gasteiger charge is -2.26. The fourth-order valence-electron chi connectivity index (χ4n) is 3.43. The first-order valence-electron chi connectivity index (χ1n) is 7.59. The van der Waals surface area contributed by atoms with Gasteiger partial charge in [0.15, 0.2) is 5.78 Å². The molecule has 0 N–H and O–H groups in total. The van der Waals surface area contributed by atoms with Crippen LogP contribution in [0.4, 0.5) is 0 Å². The van der Waals surface area contributed by atoms with Crippen molar-refractivity contribution in [3.05, 3.63) is 51.5 Å². The first kappa shape index (κ1) is 13.2. The minimum Gasteiger partial charge on any atom is -0.293 e. The van der Waals surface area contributed by atoms with Crippen molar-refractivity contribution in [1.82, 2.24) is 4.98 Å². The van der Waals surface area contributed by atoms with E-state index in [-0.39, 0.29) is 16.6 Å². The third-order valence-corrected chi connectivity index (χ3v) is 6.06. The van der Waals surface area contributed by atoms with Crippen LogP contribution in [0, 0.1) is 5.41 Å². The topological polar surface area (TPSA) is 30.0 Å². The van der Waals surface area contributed by atoms with Gasteiger partial charge in [-0.1, -0.05) is 44.2 Å². The fourth-order valence-corrected chi connectivity index (χ4v) is 4.72. The lowest BCUT2D eigenvalue weighted by molar-refractivity contribution is 0.0916. The zero-order valence-electron chi connectivity index (χ0n) is 12.5. The Morgan fingerprint density at radius 2 is 1.81 bits per heavy atom. The lowest BCUT2D eigenvalue weighted by Crippen LogP contribution is -2.26. The number of fused-ring (bicyclic) bond motifs is 1. The van der Waals surface area contributed by atoms with E-state index in [0.717, 1.165) is 34.8 Å². The van der Waals surface area contributed by atoms with E-state index < -0.39 is 0 Å². The summed E-state index contributed by atoms with van der Waals surface area (Å²) in [6.07, 6.45) is 3.89. The van der Waals surface area contributed by atoms with Gasteiger partial charge in [-0.3, -0.25) is 4.79 Å². The third-order valence-electron chi connectivity index (χ3n) is 4.72. The van der Waals surface area contributed by atoms with Gasteiger partial charge < -0.3 is 0 Å². The molecular weight excluding hydrogens is 278 g/mol. The Bertz CT molecular complexity index is 710. The summed E-state index contributed by atoms with van der Waals surface area (Å²) in [6.45, 7) is 4.33. The number of ketones is 1. The van der Waals surface area contributed by atoms with E-state index in [4.69, 9.17) is 4.98 Å². The fraction of sp³-hybridized carbons (Fsp3) is 0.444. The van der Waals surface area contributed by atoms with Crippen molar-refractivity contribution in [3.8, 4) is 0 Å². The van der Waals surface area contributed by atoms with Gasteiger partial charge >= 0.3 is 0 Å². The largest absolute Gasteiger partial charge is 0.293 e. The molecule has 108 valence electrons. The van der Waals surface area contributed by atoms with Gasteiger partial charge in [-0.15, -0.1) is 11.3 Å². The Morgan fingerprint density at radius 3 is 2.48 bits per heavy atom. The molecule has 21 heavy (non-hydrogen) atoms. The molecule has 0 saturated heterocycles. The number of thiazole rings is 1. The molecule has 1 saturated carbocycles. The molecule has 2 aliphatic rings. The van der Waals surface area contributed by atoms with Crippen LogP contribution in [0.5, 0.6) is 0 Å². The van der Waals surface area contributed by atoms with Crippen LogP contribution in [0.1, 0.15) is 59.0 Å². The number of carbonyl (C=O) groups excluding carboxylic acids is 1. The standard InChI is InChI=1S/C18H19NOS/c1-17(2)10-13-15(14(20)11-17)21-16(19-13)18(8-9-18)12-6-4-3-5-7-12/h3-7H,8-11H2,1-2H3. The summed E-state index contributed by atoms with van der Waals surface area (Å²) < 4.78 is 0. The van der Waals surface area contributed by atoms with E-state index in [2.05, 4.69) is 44.2 Å². The maximum atomic E-state index is 12.4. The summed E-state index contributed by atoms with van der Waals surface area (Å²) >= 11 is 1.65. The van der Waals surface area contributed by atoms with Crippen LogP contribution >= 0.6 is 11.3 Å². The van der Waals surface area contributed by atoms with Crippen LogP contribution in [-0.2, 0) is 11.8 Å². The van der Waals surface area contributed by atoms with Crippen LogP contribution in [0.25, 0.3) is 0 Å². The van der Waals surface area contributed by atoms with Gasteiger partial charge in [-0.2, -0.15) is 0 Å². The van der Waals surface area contributed by atoms with Crippen LogP contribution in [0.15, 0.2) is 30.3 Å². The predicted molar refractivity (Wildman–Crippen MR) is 85.0 cm³/mol. The van der Waals surface area contributed by atoms with E-state index in [9.17, 15) is 4.79 Å². The second-order valence-electron chi connectivity index (χ2n) is 7.18. The maximum absolute atomic E-state index is 12.4. The smallest absolute Gasteiger partial charge is 0.175 e. The molecule has 4 rings (SSSR count). The zero-order valence-corrected chi connectivity index (χ0v) is 13.3. The molecule has 3 heteroatoms. The number of rotatable bonds is 2. The molecule has 1 fully saturated rings. The number of carbonyl (C=O) groups is 1. The van der Waals surface area contributed by atoms with Gasteiger partial charge in [0.1, 0.15) is 5.01 Å². The van der Waals surface area contributed by atoms with Crippen LogP contribution in [0.3, 0.4) is 0 Å². The molecule has 0 bridgehead atoms. The van der Waals surface area contributed by atoms with Gasteiger partial charge in [0.2, 0.25) is 0 Å². The highest BCUT2D eigenvalue weighted by atomic mass is 32.1. The Hall–Kier alpha value is -1.48. The van der Waals surface area contributed by atoms with Crippen molar-refractivity contribution in [2.45, 2.75) is 44.9 Å². The number of nitrogens with zero attached hydrogens (tertiary/aromatic N) is 1. The Labute approximate surface area is 129 Å². The quantitative estimate of drug-likeness (QED) is 0.823. The van der Waals surface area contributed by atoms with Crippen molar-refractivity contribution < 1.29 is 4.79 Å². The molecule has 2 nitrogen and oxygen atoms in total. The molecule has 2 aliphatic carbocycles. The first-order valence-corrected chi connectivity index (χ1v) is 8.41. The Kier molecular flexibility index (Phi) is 2.68. The third kappa shape index (κ3) is 2.06. The van der Waals surface area contributed by atoms with Gasteiger partial charge in [-0.05, 0) is 30.2 Å². The maximum Gasteiger partial charge on any atom is 0.175 e. The van der Waals surface area contributed by atoms with Crippen LogP contribution in [0.2, 0.25) is 0 Å². The number of hydrogen-bond donors (Lipinski definition) is 0. The normalized spacial score (nSPS) is 21.9. The van der Waals surface area contributed by atoms with Gasteiger partial charge in [0.05, 0.1) is 10.6 Å². The van der Waals surface area contributed by atoms with E-state index in [0.29, 0.717) is 6.42 Å². The summed E-state index contributed by atoms with van der Waals surface area (Å²) in [7, 11) is 0. The SMILES string of the molecule is CC1(C)CC(=O)c2sc(C3(c4ccccc4)CC3)nc2C1. The highest BCUT2D eigenvalue weighted by molar-refractivity contribution is 7.14. The molecule has 0 aliphatic heterocycles. The van der Waals surface area contributed by atoms with E-state index >= 15 is 0 Å². The monoisotopic (exact) mass is 297 g/mol. The Balaban J connectivity index is 1.77. The molecule has 0 unspecified atom stereocenters. The van der Waals surface area contributed by atoms with Crippen molar-refractivity contribution in [2.75, 3.05) is 0 Å². The summed E-state index contributed by atoms with van der Waals surface area (Å²) in [5.74, 6) is 0.286. The molecule has 0 amide bonds. The number of hydrogen-bond acceptors (Lipinski definition) is 3. The Morgan fingerprint density at radius 1 is 1.10 bits per heavy atom. The van der Waals surface area contributed by atoms with Gasteiger partial charge in [0, 0.05) is 11.8 Å². The predicted octanol–water partition coefficient (Wildman–Crippen LogP) is 4.38. The van der Waals surface area contributed by atoms with Gasteiger partial charge in [0.25, 0.3) is 0 Å². The van der Waals surface area contributed by atoms with E-state index in [1.165, 1.54) is 5.56 Å².